The molecule has 0 spiro atoms. The van der Waals surface area contributed by atoms with Crippen LogP contribution in [0.4, 0.5) is 8.78 Å². The largest absolute Gasteiger partial charge is 0.484 e. The average Bonchev–Trinajstić information content (AvgIpc) is 2.83. The summed E-state index contributed by atoms with van der Waals surface area (Å²) in [5, 5.41) is -0.698. The van der Waals surface area contributed by atoms with E-state index < -0.39 is 11.9 Å². The lowest BCUT2D eigenvalue weighted by Crippen LogP contribution is -2.17. The van der Waals surface area contributed by atoms with E-state index in [1.165, 1.54) is 18.2 Å². The highest BCUT2D eigenvalue weighted by atomic mass is 35.5. The van der Waals surface area contributed by atoms with E-state index in [-0.39, 0.29) is 23.2 Å². The van der Waals surface area contributed by atoms with Crippen molar-refractivity contribution in [1.29, 1.82) is 0 Å². The van der Waals surface area contributed by atoms with Crippen LogP contribution in [0.2, 0.25) is 0 Å². The maximum Gasteiger partial charge on any atom is 0.387 e. The molecule has 1 atom stereocenters. The Bertz CT molecular complexity index is 461. The second-order valence-electron chi connectivity index (χ2n) is 3.92. The molecule has 1 aliphatic heterocycles. The summed E-state index contributed by atoms with van der Waals surface area (Å²) in [5.41, 5.74) is 0.150. The van der Waals surface area contributed by atoms with Crippen LogP contribution in [0.1, 0.15) is 16.8 Å². The first-order valence-electron chi connectivity index (χ1n) is 5.59. The van der Waals surface area contributed by atoms with Gasteiger partial charge in [0.2, 0.25) is 0 Å². The predicted octanol–water partition coefficient (Wildman–Crippen LogP) is 2.83. The molecule has 1 heterocycles. The van der Waals surface area contributed by atoms with Gasteiger partial charge < -0.3 is 14.2 Å². The molecular formula is C12H11ClF2O4. The molecule has 1 saturated heterocycles. The second-order valence-corrected chi connectivity index (χ2v) is 4.26. The summed E-state index contributed by atoms with van der Waals surface area (Å²) in [6, 6.07) is 3.81. The Morgan fingerprint density at radius 1 is 1.42 bits per heavy atom. The van der Waals surface area contributed by atoms with Gasteiger partial charge in [0, 0.05) is 12.0 Å². The molecule has 7 heteroatoms. The molecule has 4 nitrogen and oxygen atoms in total. The van der Waals surface area contributed by atoms with E-state index in [2.05, 4.69) is 4.74 Å². The van der Waals surface area contributed by atoms with E-state index in [9.17, 15) is 13.6 Å². The molecule has 104 valence electrons. The van der Waals surface area contributed by atoms with Crippen LogP contribution in [0.15, 0.2) is 18.2 Å². The van der Waals surface area contributed by atoms with Gasteiger partial charge >= 0.3 is 6.61 Å². The number of rotatable bonds is 5. The van der Waals surface area contributed by atoms with Crippen molar-refractivity contribution >= 4 is 16.8 Å². The molecule has 1 aromatic rings. The Morgan fingerprint density at radius 2 is 2.21 bits per heavy atom. The van der Waals surface area contributed by atoms with Gasteiger partial charge in [-0.3, -0.25) is 4.79 Å². The lowest BCUT2D eigenvalue weighted by atomic mass is 10.2. The molecule has 1 fully saturated rings. The van der Waals surface area contributed by atoms with Crippen LogP contribution < -0.4 is 9.47 Å². The van der Waals surface area contributed by atoms with Gasteiger partial charge in [0.1, 0.15) is 6.10 Å². The number of alkyl halides is 2. The van der Waals surface area contributed by atoms with Crippen molar-refractivity contribution in [3.63, 3.8) is 0 Å². The minimum Gasteiger partial charge on any atom is -0.484 e. The molecule has 1 aliphatic rings. The molecule has 0 aromatic heterocycles. The van der Waals surface area contributed by atoms with Crippen molar-refractivity contribution in [2.24, 2.45) is 0 Å². The zero-order chi connectivity index (χ0) is 13.8. The topological polar surface area (TPSA) is 44.8 Å². The van der Waals surface area contributed by atoms with Crippen LogP contribution >= 0.6 is 11.6 Å². The summed E-state index contributed by atoms with van der Waals surface area (Å²) in [6.45, 7) is -2.06. The van der Waals surface area contributed by atoms with Gasteiger partial charge in [-0.05, 0) is 29.8 Å². The van der Waals surface area contributed by atoms with Gasteiger partial charge in [0.05, 0.1) is 13.2 Å². The average molecular weight is 293 g/mol. The van der Waals surface area contributed by atoms with Gasteiger partial charge in [0.15, 0.2) is 11.5 Å². The zero-order valence-electron chi connectivity index (χ0n) is 9.77. The fourth-order valence-corrected chi connectivity index (χ4v) is 1.82. The smallest absolute Gasteiger partial charge is 0.387 e. The summed E-state index contributed by atoms with van der Waals surface area (Å²) in [4.78, 5) is 11.1. The van der Waals surface area contributed by atoms with Gasteiger partial charge in [-0.15, -0.1) is 0 Å². The molecule has 1 aromatic carbocycles. The first-order chi connectivity index (χ1) is 9.06. The second kappa shape index (κ2) is 6.16. The van der Waals surface area contributed by atoms with Crippen LogP contribution in [-0.2, 0) is 4.74 Å². The third kappa shape index (κ3) is 3.78. The Balaban J connectivity index is 2.23. The molecule has 19 heavy (non-hydrogen) atoms. The van der Waals surface area contributed by atoms with Gasteiger partial charge in [-0.2, -0.15) is 8.78 Å². The van der Waals surface area contributed by atoms with Crippen molar-refractivity contribution in [1.82, 2.24) is 0 Å². The molecule has 0 bridgehead atoms. The minimum atomic E-state index is -2.97. The summed E-state index contributed by atoms with van der Waals surface area (Å²) in [7, 11) is 0. The number of benzene rings is 1. The lowest BCUT2D eigenvalue weighted by Gasteiger charge is -2.16. The maximum absolute atomic E-state index is 12.3. The molecule has 0 amide bonds. The predicted molar refractivity (Wildman–Crippen MR) is 63.1 cm³/mol. The Labute approximate surface area is 113 Å². The van der Waals surface area contributed by atoms with Crippen molar-refractivity contribution in [3.8, 4) is 11.5 Å². The first kappa shape index (κ1) is 14.0. The van der Waals surface area contributed by atoms with Crippen molar-refractivity contribution in [2.45, 2.75) is 19.1 Å². The van der Waals surface area contributed by atoms with Crippen LogP contribution in [0.3, 0.4) is 0 Å². The molecular weight excluding hydrogens is 282 g/mol. The Hall–Kier alpha value is -1.40. The molecule has 0 radical (unpaired) electrons. The zero-order valence-corrected chi connectivity index (χ0v) is 10.5. The highest BCUT2D eigenvalue weighted by molar-refractivity contribution is 6.67. The van der Waals surface area contributed by atoms with Gasteiger partial charge in [-0.1, -0.05) is 0 Å². The highest BCUT2D eigenvalue weighted by Crippen LogP contribution is 2.32. The highest BCUT2D eigenvalue weighted by Gasteiger charge is 2.21. The number of halogens is 3. The number of carbonyl (C=O) groups is 1. The lowest BCUT2D eigenvalue weighted by molar-refractivity contribution is -0.0521. The third-order valence-electron chi connectivity index (χ3n) is 2.57. The van der Waals surface area contributed by atoms with Crippen LogP contribution in [0.25, 0.3) is 0 Å². The summed E-state index contributed by atoms with van der Waals surface area (Å²) >= 11 is 5.34. The minimum absolute atomic E-state index is 0.0577. The normalized spacial score (nSPS) is 18.6. The molecule has 0 saturated carbocycles. The fraction of sp³-hybridized carbons (Fsp3) is 0.417. The molecule has 1 unspecified atom stereocenters. The quantitative estimate of drug-likeness (QED) is 0.783. The molecule has 2 rings (SSSR count). The van der Waals surface area contributed by atoms with Crippen LogP contribution in [0, 0.1) is 0 Å². The van der Waals surface area contributed by atoms with Crippen LogP contribution in [-0.4, -0.2) is 31.2 Å². The SMILES string of the molecule is O=C(Cl)c1ccc(OC(F)F)c(OC2CCOC2)c1. The number of hydrogen-bond acceptors (Lipinski definition) is 4. The van der Waals surface area contributed by atoms with Crippen molar-refractivity contribution in [3.05, 3.63) is 23.8 Å². The van der Waals surface area contributed by atoms with E-state index in [4.69, 9.17) is 21.1 Å². The summed E-state index contributed by atoms with van der Waals surface area (Å²) in [6.07, 6.45) is 0.397. The van der Waals surface area contributed by atoms with Crippen LogP contribution in [0.5, 0.6) is 11.5 Å². The van der Waals surface area contributed by atoms with E-state index >= 15 is 0 Å². The van der Waals surface area contributed by atoms with E-state index in [0.29, 0.717) is 19.6 Å². The number of carbonyl (C=O) groups excluding carboxylic acids is 1. The van der Waals surface area contributed by atoms with Crippen molar-refractivity contribution in [2.75, 3.05) is 13.2 Å². The fourth-order valence-electron chi connectivity index (χ4n) is 1.70. The molecule has 0 N–H and O–H groups in total. The monoisotopic (exact) mass is 292 g/mol. The van der Waals surface area contributed by atoms with Gasteiger partial charge in [-0.25, -0.2) is 0 Å². The first-order valence-corrected chi connectivity index (χ1v) is 5.97. The molecule has 0 aliphatic carbocycles. The van der Waals surface area contributed by atoms with Crippen molar-refractivity contribution < 1.29 is 27.8 Å². The maximum atomic E-state index is 12.3. The number of ether oxygens (including phenoxy) is 3. The van der Waals surface area contributed by atoms with E-state index in [1.807, 2.05) is 0 Å². The standard InChI is InChI=1S/C12H11ClF2O4/c13-11(16)7-1-2-9(19-12(14)15)10(5-7)18-8-3-4-17-6-8/h1-2,5,8,12H,3-4,6H2. The third-order valence-corrected chi connectivity index (χ3v) is 2.79. The Morgan fingerprint density at radius 3 is 2.79 bits per heavy atom. The van der Waals surface area contributed by atoms with E-state index in [0.717, 1.165) is 0 Å². The van der Waals surface area contributed by atoms with E-state index in [1.54, 1.807) is 0 Å². The van der Waals surface area contributed by atoms with Gasteiger partial charge in [0.25, 0.3) is 5.24 Å². The summed E-state index contributed by atoms with van der Waals surface area (Å²) < 4.78 is 39.5. The number of hydrogen-bond donors (Lipinski definition) is 0. The summed E-state index contributed by atoms with van der Waals surface area (Å²) in [5.74, 6) is -0.0779. The Kier molecular flexibility index (Phi) is 4.55.